The minimum Gasteiger partial charge on any atom is -0.480 e. The quantitative estimate of drug-likeness (QED) is 0.203. The van der Waals surface area contributed by atoms with Crippen LogP contribution in [0.1, 0.15) is 18.4 Å². The molecule has 2 rings (SSSR count). The van der Waals surface area contributed by atoms with E-state index in [1.165, 1.54) is 0 Å². The molecule has 2 aromatic rings. The number of carbonyl (C=O) groups excluding carboxylic acids is 1. The van der Waals surface area contributed by atoms with Gasteiger partial charge < -0.3 is 32.6 Å². The monoisotopic (exact) mass is 360 g/mol. The van der Waals surface area contributed by atoms with Crippen LogP contribution in [0.5, 0.6) is 0 Å². The van der Waals surface area contributed by atoms with Crippen LogP contribution in [-0.2, 0) is 16.0 Å². The Morgan fingerprint density at radius 1 is 1.27 bits per heavy atom. The SMILES string of the molecule is NC(N)=NCCC[C@H](N)C(=O)NC(Cc1c[nH]c2ccccc12)C(=O)O. The Labute approximate surface area is 150 Å². The number of amides is 1. The van der Waals surface area contributed by atoms with Crippen molar-refractivity contribution in [2.45, 2.75) is 31.3 Å². The van der Waals surface area contributed by atoms with E-state index in [1.807, 2.05) is 24.3 Å². The average Bonchev–Trinajstić information content (AvgIpc) is 3.00. The number of hydrogen-bond acceptors (Lipinski definition) is 4. The van der Waals surface area contributed by atoms with Crippen molar-refractivity contribution in [3.05, 3.63) is 36.0 Å². The Morgan fingerprint density at radius 2 is 2.00 bits per heavy atom. The molecule has 0 fully saturated rings. The first-order valence-electron chi connectivity index (χ1n) is 8.27. The van der Waals surface area contributed by atoms with Gasteiger partial charge in [0.05, 0.1) is 6.04 Å². The average molecular weight is 360 g/mol. The van der Waals surface area contributed by atoms with E-state index in [9.17, 15) is 14.7 Å². The highest BCUT2D eigenvalue weighted by atomic mass is 16.4. The highest BCUT2D eigenvalue weighted by molar-refractivity contribution is 5.88. The number of nitrogens with one attached hydrogen (secondary N) is 2. The largest absolute Gasteiger partial charge is 0.480 e. The van der Waals surface area contributed by atoms with Crippen LogP contribution in [0.3, 0.4) is 0 Å². The number of rotatable bonds is 9. The van der Waals surface area contributed by atoms with Gasteiger partial charge >= 0.3 is 5.97 Å². The minimum absolute atomic E-state index is 0.0207. The topological polar surface area (TPSA) is 173 Å². The normalized spacial score (nSPS) is 13.1. The molecule has 0 aliphatic heterocycles. The maximum absolute atomic E-state index is 12.2. The molecule has 1 aromatic carbocycles. The lowest BCUT2D eigenvalue weighted by Crippen LogP contribution is -2.49. The van der Waals surface area contributed by atoms with E-state index >= 15 is 0 Å². The van der Waals surface area contributed by atoms with Crippen molar-refractivity contribution in [2.75, 3.05) is 6.54 Å². The third-order valence-corrected chi connectivity index (χ3v) is 4.02. The highest BCUT2D eigenvalue weighted by Crippen LogP contribution is 2.19. The Balaban J connectivity index is 1.96. The van der Waals surface area contributed by atoms with Gasteiger partial charge in [0.25, 0.3) is 0 Å². The van der Waals surface area contributed by atoms with E-state index in [1.54, 1.807) is 6.20 Å². The fourth-order valence-electron chi connectivity index (χ4n) is 2.65. The Morgan fingerprint density at radius 3 is 2.69 bits per heavy atom. The van der Waals surface area contributed by atoms with Crippen molar-refractivity contribution >= 4 is 28.7 Å². The summed E-state index contributed by atoms with van der Waals surface area (Å²) in [6, 6.07) is 5.68. The van der Waals surface area contributed by atoms with Crippen LogP contribution < -0.4 is 22.5 Å². The number of carboxylic acids is 1. The van der Waals surface area contributed by atoms with E-state index in [0.717, 1.165) is 16.5 Å². The van der Waals surface area contributed by atoms with Gasteiger partial charge in [-0.15, -0.1) is 0 Å². The van der Waals surface area contributed by atoms with Gasteiger partial charge in [0.1, 0.15) is 6.04 Å². The number of para-hydroxylation sites is 1. The third-order valence-electron chi connectivity index (χ3n) is 4.02. The molecule has 0 radical (unpaired) electrons. The zero-order valence-corrected chi connectivity index (χ0v) is 14.3. The van der Waals surface area contributed by atoms with Crippen molar-refractivity contribution in [1.82, 2.24) is 10.3 Å². The number of nitrogens with two attached hydrogens (primary N) is 3. The van der Waals surface area contributed by atoms with Crippen molar-refractivity contribution in [2.24, 2.45) is 22.2 Å². The van der Waals surface area contributed by atoms with Crippen molar-refractivity contribution < 1.29 is 14.7 Å². The Hall–Kier alpha value is -3.07. The molecule has 1 aromatic heterocycles. The summed E-state index contributed by atoms with van der Waals surface area (Å²) < 4.78 is 0. The second-order valence-corrected chi connectivity index (χ2v) is 6.02. The maximum Gasteiger partial charge on any atom is 0.326 e. The van der Waals surface area contributed by atoms with E-state index in [0.29, 0.717) is 19.4 Å². The summed E-state index contributed by atoms with van der Waals surface area (Å²) in [4.78, 5) is 30.6. The molecule has 140 valence electrons. The standard InChI is InChI=1S/C17H24N6O3/c18-12(5-3-7-21-17(19)20)15(24)23-14(16(25)26)8-10-9-22-13-6-2-1-4-11(10)13/h1-2,4,6,9,12,14,22H,3,5,7-8,18H2,(H,23,24)(H,25,26)(H4,19,20,21)/t12-,14?/m0/s1. The number of aliphatic carboxylic acids is 1. The van der Waals surface area contributed by atoms with Crippen molar-refractivity contribution in [3.63, 3.8) is 0 Å². The van der Waals surface area contributed by atoms with Crippen LogP contribution in [0.2, 0.25) is 0 Å². The zero-order valence-electron chi connectivity index (χ0n) is 14.3. The number of fused-ring (bicyclic) bond motifs is 1. The summed E-state index contributed by atoms with van der Waals surface area (Å²) in [5.74, 6) is -1.65. The molecule has 26 heavy (non-hydrogen) atoms. The zero-order chi connectivity index (χ0) is 19.1. The van der Waals surface area contributed by atoms with Crippen LogP contribution >= 0.6 is 0 Å². The van der Waals surface area contributed by atoms with Gasteiger partial charge in [0, 0.05) is 30.1 Å². The second kappa shape index (κ2) is 8.86. The van der Waals surface area contributed by atoms with Crippen LogP contribution in [0.25, 0.3) is 10.9 Å². The maximum atomic E-state index is 12.2. The van der Waals surface area contributed by atoms with E-state index in [-0.39, 0.29) is 12.4 Å². The number of carbonyl (C=O) groups is 2. The van der Waals surface area contributed by atoms with Gasteiger partial charge in [0.15, 0.2) is 5.96 Å². The molecular formula is C17H24N6O3. The number of aliphatic imine (C=N–C) groups is 1. The molecule has 0 spiro atoms. The fraction of sp³-hybridized carbons (Fsp3) is 0.353. The lowest BCUT2D eigenvalue weighted by atomic mass is 10.0. The van der Waals surface area contributed by atoms with Crippen molar-refractivity contribution in [3.8, 4) is 0 Å². The smallest absolute Gasteiger partial charge is 0.326 e. The lowest BCUT2D eigenvalue weighted by Gasteiger charge is -2.17. The van der Waals surface area contributed by atoms with E-state index in [4.69, 9.17) is 17.2 Å². The fourth-order valence-corrected chi connectivity index (χ4v) is 2.65. The summed E-state index contributed by atoms with van der Waals surface area (Å²) in [5.41, 5.74) is 18.0. The summed E-state index contributed by atoms with van der Waals surface area (Å²) in [7, 11) is 0. The van der Waals surface area contributed by atoms with Crippen LogP contribution in [0.15, 0.2) is 35.5 Å². The number of H-pyrrole nitrogens is 1. The summed E-state index contributed by atoms with van der Waals surface area (Å²) in [5, 5.41) is 12.9. The Bertz CT molecular complexity index is 797. The molecule has 0 bridgehead atoms. The number of aromatic amines is 1. The molecule has 9 heteroatoms. The van der Waals surface area contributed by atoms with Gasteiger partial charge in [-0.3, -0.25) is 9.79 Å². The van der Waals surface area contributed by atoms with Gasteiger partial charge in [-0.2, -0.15) is 0 Å². The van der Waals surface area contributed by atoms with Gasteiger partial charge in [-0.05, 0) is 24.5 Å². The summed E-state index contributed by atoms with van der Waals surface area (Å²) in [6.07, 6.45) is 2.78. The number of guanidine groups is 1. The number of benzene rings is 1. The van der Waals surface area contributed by atoms with Gasteiger partial charge in [-0.1, -0.05) is 18.2 Å². The number of aromatic nitrogens is 1. The highest BCUT2D eigenvalue weighted by Gasteiger charge is 2.24. The lowest BCUT2D eigenvalue weighted by molar-refractivity contribution is -0.142. The molecular weight excluding hydrogens is 336 g/mol. The minimum atomic E-state index is -1.11. The first kappa shape index (κ1) is 19.3. The van der Waals surface area contributed by atoms with Gasteiger partial charge in [0.2, 0.25) is 5.91 Å². The number of nitrogens with zero attached hydrogens (tertiary/aromatic N) is 1. The first-order valence-corrected chi connectivity index (χ1v) is 8.27. The van der Waals surface area contributed by atoms with Crippen LogP contribution in [-0.4, -0.2) is 46.6 Å². The predicted molar refractivity (Wildman–Crippen MR) is 99.5 cm³/mol. The van der Waals surface area contributed by atoms with Crippen LogP contribution in [0, 0.1) is 0 Å². The first-order chi connectivity index (χ1) is 12.4. The number of carboxylic acid groups (broad SMARTS) is 1. The molecule has 1 amide bonds. The van der Waals surface area contributed by atoms with Crippen LogP contribution in [0.4, 0.5) is 0 Å². The third kappa shape index (κ3) is 5.21. The molecule has 1 unspecified atom stereocenters. The molecule has 1 heterocycles. The molecule has 0 aliphatic rings. The Kier molecular flexibility index (Phi) is 6.56. The molecule has 9 nitrogen and oxygen atoms in total. The summed E-state index contributed by atoms with van der Waals surface area (Å²) >= 11 is 0. The van der Waals surface area contributed by atoms with E-state index in [2.05, 4.69) is 15.3 Å². The van der Waals surface area contributed by atoms with E-state index < -0.39 is 24.0 Å². The number of hydrogen-bond donors (Lipinski definition) is 6. The molecule has 9 N–H and O–H groups in total. The molecule has 2 atom stereocenters. The molecule has 0 aliphatic carbocycles. The van der Waals surface area contributed by atoms with Crippen molar-refractivity contribution in [1.29, 1.82) is 0 Å². The second-order valence-electron chi connectivity index (χ2n) is 6.02. The summed E-state index contributed by atoms with van der Waals surface area (Å²) in [6.45, 7) is 0.362. The predicted octanol–water partition coefficient (Wildman–Crippen LogP) is -0.339. The molecule has 0 saturated heterocycles. The molecule has 0 saturated carbocycles. The van der Waals surface area contributed by atoms with Gasteiger partial charge in [-0.25, -0.2) is 4.79 Å².